The van der Waals surface area contributed by atoms with Gasteiger partial charge in [0, 0.05) is 17.8 Å². The van der Waals surface area contributed by atoms with Crippen molar-refractivity contribution in [2.75, 3.05) is 5.32 Å². The molecule has 30 heavy (non-hydrogen) atoms. The number of hydrogen-bond donors (Lipinski definition) is 1. The topological polar surface area (TPSA) is 77.0 Å². The van der Waals surface area contributed by atoms with Crippen LogP contribution in [0, 0.1) is 5.82 Å². The summed E-state index contributed by atoms with van der Waals surface area (Å²) < 4.78 is 19.7. The van der Waals surface area contributed by atoms with Crippen LogP contribution in [0.25, 0.3) is 16.6 Å². The van der Waals surface area contributed by atoms with Gasteiger partial charge in [-0.3, -0.25) is 15.1 Å². The van der Waals surface area contributed by atoms with E-state index < -0.39 is 5.82 Å². The SMILES string of the molecule is O=C(/C=C/c1ccc(Oc2cccnc2)c(F)c1)Nc1nnc(-c2ccccc2)s1. The van der Waals surface area contributed by atoms with Crippen LogP contribution in [0.1, 0.15) is 5.56 Å². The first kappa shape index (κ1) is 19.4. The molecule has 0 spiro atoms. The zero-order valence-electron chi connectivity index (χ0n) is 15.5. The number of hydrogen-bond acceptors (Lipinski definition) is 6. The Labute approximate surface area is 175 Å². The number of benzene rings is 2. The van der Waals surface area contributed by atoms with Crippen LogP contribution in [0.5, 0.6) is 11.5 Å². The summed E-state index contributed by atoms with van der Waals surface area (Å²) >= 11 is 1.27. The number of amides is 1. The van der Waals surface area contributed by atoms with Gasteiger partial charge in [0.1, 0.15) is 10.8 Å². The number of carbonyl (C=O) groups excluding carboxylic acids is 1. The number of nitrogens with one attached hydrogen (secondary N) is 1. The molecule has 0 saturated heterocycles. The minimum absolute atomic E-state index is 0.0758. The second kappa shape index (κ2) is 9.06. The predicted octanol–water partition coefficient (Wildman–Crippen LogP) is 5.18. The van der Waals surface area contributed by atoms with E-state index in [9.17, 15) is 9.18 Å². The van der Waals surface area contributed by atoms with Crippen molar-refractivity contribution in [3.8, 4) is 22.1 Å². The van der Waals surface area contributed by atoms with E-state index >= 15 is 0 Å². The maximum absolute atomic E-state index is 14.3. The first-order valence-corrected chi connectivity index (χ1v) is 9.74. The molecule has 1 N–H and O–H groups in total. The molecule has 148 valence electrons. The Balaban J connectivity index is 1.38. The summed E-state index contributed by atoms with van der Waals surface area (Å²) in [6.45, 7) is 0. The van der Waals surface area contributed by atoms with Gasteiger partial charge in [0.25, 0.3) is 0 Å². The summed E-state index contributed by atoms with van der Waals surface area (Å²) in [4.78, 5) is 16.1. The molecule has 8 heteroatoms. The van der Waals surface area contributed by atoms with Crippen LogP contribution in [0.2, 0.25) is 0 Å². The van der Waals surface area contributed by atoms with Crippen LogP contribution in [0.15, 0.2) is 79.1 Å². The molecular weight excluding hydrogens is 403 g/mol. The summed E-state index contributed by atoms with van der Waals surface area (Å²) in [6.07, 6.45) is 5.91. The van der Waals surface area contributed by atoms with E-state index in [1.807, 2.05) is 30.3 Å². The third kappa shape index (κ3) is 4.92. The Morgan fingerprint density at radius 2 is 1.93 bits per heavy atom. The first-order chi connectivity index (χ1) is 14.7. The fourth-order valence-corrected chi connectivity index (χ4v) is 3.28. The van der Waals surface area contributed by atoms with Crippen molar-refractivity contribution in [2.24, 2.45) is 0 Å². The highest BCUT2D eigenvalue weighted by Crippen LogP contribution is 2.26. The highest BCUT2D eigenvalue weighted by Gasteiger charge is 2.09. The van der Waals surface area contributed by atoms with Crippen molar-refractivity contribution in [3.05, 3.63) is 90.5 Å². The molecule has 0 radical (unpaired) electrons. The van der Waals surface area contributed by atoms with E-state index in [0.717, 1.165) is 5.56 Å². The normalized spacial score (nSPS) is 10.8. The van der Waals surface area contributed by atoms with E-state index in [1.165, 1.54) is 41.8 Å². The molecule has 0 unspecified atom stereocenters. The first-order valence-electron chi connectivity index (χ1n) is 8.93. The molecule has 0 atom stereocenters. The molecule has 2 aromatic heterocycles. The Kier molecular flexibility index (Phi) is 5.86. The number of carbonyl (C=O) groups is 1. The molecule has 0 fully saturated rings. The Morgan fingerprint density at radius 1 is 1.07 bits per heavy atom. The van der Waals surface area contributed by atoms with Gasteiger partial charge in [-0.2, -0.15) is 0 Å². The second-order valence-corrected chi connectivity index (χ2v) is 7.06. The molecule has 0 aliphatic carbocycles. The molecule has 4 rings (SSSR count). The number of nitrogens with zero attached hydrogens (tertiary/aromatic N) is 3. The number of aromatic nitrogens is 3. The lowest BCUT2D eigenvalue weighted by atomic mass is 10.2. The van der Waals surface area contributed by atoms with E-state index in [1.54, 1.807) is 24.4 Å². The number of pyridine rings is 1. The Hall–Kier alpha value is -3.91. The third-order valence-corrected chi connectivity index (χ3v) is 4.81. The minimum Gasteiger partial charge on any atom is -0.453 e. The molecule has 6 nitrogen and oxygen atoms in total. The lowest BCUT2D eigenvalue weighted by Gasteiger charge is -2.06. The van der Waals surface area contributed by atoms with Gasteiger partial charge in [-0.05, 0) is 35.9 Å². The van der Waals surface area contributed by atoms with Gasteiger partial charge in [-0.1, -0.05) is 47.7 Å². The maximum Gasteiger partial charge on any atom is 0.250 e. The van der Waals surface area contributed by atoms with Crippen LogP contribution >= 0.6 is 11.3 Å². The molecule has 0 aliphatic rings. The van der Waals surface area contributed by atoms with E-state index in [2.05, 4.69) is 20.5 Å². The molecule has 2 heterocycles. The molecule has 0 bridgehead atoms. The fraction of sp³-hybridized carbons (Fsp3) is 0. The van der Waals surface area contributed by atoms with Crippen molar-refractivity contribution >= 4 is 28.5 Å². The average molecular weight is 418 g/mol. The highest BCUT2D eigenvalue weighted by molar-refractivity contribution is 7.18. The van der Waals surface area contributed by atoms with Crippen LogP contribution < -0.4 is 10.1 Å². The van der Waals surface area contributed by atoms with Crippen molar-refractivity contribution < 1.29 is 13.9 Å². The molecule has 2 aromatic carbocycles. The van der Waals surface area contributed by atoms with E-state index in [0.29, 0.717) is 21.5 Å². The molecule has 1 amide bonds. The van der Waals surface area contributed by atoms with E-state index in [-0.39, 0.29) is 11.7 Å². The zero-order chi connectivity index (χ0) is 20.8. The van der Waals surface area contributed by atoms with Gasteiger partial charge >= 0.3 is 0 Å². The van der Waals surface area contributed by atoms with Crippen molar-refractivity contribution in [3.63, 3.8) is 0 Å². The van der Waals surface area contributed by atoms with Crippen LogP contribution in [0.4, 0.5) is 9.52 Å². The molecule has 0 saturated carbocycles. The lowest BCUT2D eigenvalue weighted by Crippen LogP contribution is -2.07. The maximum atomic E-state index is 14.3. The number of halogens is 1. The Morgan fingerprint density at radius 3 is 2.70 bits per heavy atom. The minimum atomic E-state index is -0.543. The predicted molar refractivity (Wildman–Crippen MR) is 114 cm³/mol. The summed E-state index contributed by atoms with van der Waals surface area (Å²) in [5.41, 5.74) is 1.44. The van der Waals surface area contributed by atoms with Gasteiger partial charge in [0.2, 0.25) is 11.0 Å². The van der Waals surface area contributed by atoms with Gasteiger partial charge in [0.15, 0.2) is 11.6 Å². The largest absolute Gasteiger partial charge is 0.453 e. The molecule has 4 aromatic rings. The fourth-order valence-electron chi connectivity index (χ4n) is 2.53. The van der Waals surface area contributed by atoms with Crippen LogP contribution in [-0.2, 0) is 4.79 Å². The standard InChI is InChI=1S/C22H15FN4O2S/c23-18-13-15(8-10-19(18)29-17-7-4-12-24-14-17)9-11-20(28)25-22-27-26-21(30-22)16-5-2-1-3-6-16/h1-14H,(H,25,27,28)/b11-9+. The summed E-state index contributed by atoms with van der Waals surface area (Å²) in [7, 11) is 0. The van der Waals surface area contributed by atoms with Crippen molar-refractivity contribution in [1.29, 1.82) is 0 Å². The number of rotatable bonds is 6. The average Bonchev–Trinajstić information content (AvgIpc) is 3.24. The molecular formula is C22H15FN4O2S. The second-order valence-electron chi connectivity index (χ2n) is 6.08. The zero-order valence-corrected chi connectivity index (χ0v) is 16.3. The van der Waals surface area contributed by atoms with Crippen molar-refractivity contribution in [1.82, 2.24) is 15.2 Å². The summed E-state index contributed by atoms with van der Waals surface area (Å²) in [5.74, 6) is -0.419. The van der Waals surface area contributed by atoms with Crippen LogP contribution in [-0.4, -0.2) is 21.1 Å². The molecule has 0 aliphatic heterocycles. The van der Waals surface area contributed by atoms with Gasteiger partial charge in [0.05, 0.1) is 6.20 Å². The summed E-state index contributed by atoms with van der Waals surface area (Å²) in [5, 5.41) is 11.8. The lowest BCUT2D eigenvalue weighted by molar-refractivity contribution is -0.111. The van der Waals surface area contributed by atoms with Gasteiger partial charge < -0.3 is 4.74 Å². The monoisotopic (exact) mass is 418 g/mol. The number of anilines is 1. The Bertz CT molecular complexity index is 1180. The number of ether oxygens (including phenoxy) is 1. The van der Waals surface area contributed by atoms with E-state index in [4.69, 9.17) is 4.74 Å². The summed E-state index contributed by atoms with van der Waals surface area (Å²) in [6, 6.07) is 17.4. The third-order valence-electron chi connectivity index (χ3n) is 3.92. The highest BCUT2D eigenvalue weighted by atomic mass is 32.1. The van der Waals surface area contributed by atoms with Gasteiger partial charge in [-0.15, -0.1) is 10.2 Å². The quantitative estimate of drug-likeness (QED) is 0.437. The smallest absolute Gasteiger partial charge is 0.250 e. The van der Waals surface area contributed by atoms with Gasteiger partial charge in [-0.25, -0.2) is 4.39 Å². The van der Waals surface area contributed by atoms with Crippen molar-refractivity contribution in [2.45, 2.75) is 0 Å². The van der Waals surface area contributed by atoms with Crippen LogP contribution in [0.3, 0.4) is 0 Å².